The standard InChI is InChI=1S/C16H22N2O6/c1-9(13(20)17-15(22)18-16(2,3)4)24-14(21)11-7-6-10(23-5)8-12(11)19/h6-9,19H,1-5H3,(H2,17,18,20,22)/t9-/m1/s1. The summed E-state index contributed by atoms with van der Waals surface area (Å²) in [5.74, 6) is -1.64. The number of benzene rings is 1. The lowest BCUT2D eigenvalue weighted by Crippen LogP contribution is -2.50. The van der Waals surface area contributed by atoms with Crippen LogP contribution in [-0.4, -0.2) is 41.8 Å². The summed E-state index contributed by atoms with van der Waals surface area (Å²) in [4.78, 5) is 35.5. The van der Waals surface area contributed by atoms with E-state index in [4.69, 9.17) is 9.47 Å². The van der Waals surface area contributed by atoms with Gasteiger partial charge in [0, 0.05) is 11.6 Å². The molecule has 0 bridgehead atoms. The van der Waals surface area contributed by atoms with Gasteiger partial charge in [0.1, 0.15) is 17.1 Å². The van der Waals surface area contributed by atoms with E-state index in [1.54, 1.807) is 20.8 Å². The third-order valence-corrected chi connectivity index (χ3v) is 2.80. The van der Waals surface area contributed by atoms with Crippen LogP contribution in [0.4, 0.5) is 4.79 Å². The molecule has 0 saturated heterocycles. The SMILES string of the molecule is COc1ccc(C(=O)O[C@H](C)C(=O)NC(=O)NC(C)(C)C)c(O)c1. The molecule has 3 N–H and O–H groups in total. The zero-order chi connectivity index (χ0) is 18.5. The topological polar surface area (TPSA) is 114 Å². The van der Waals surface area contributed by atoms with Gasteiger partial charge in [0.25, 0.3) is 5.91 Å². The molecule has 1 atom stereocenters. The predicted octanol–water partition coefficient (Wildman–Crippen LogP) is 1.57. The van der Waals surface area contributed by atoms with Gasteiger partial charge < -0.3 is 19.9 Å². The summed E-state index contributed by atoms with van der Waals surface area (Å²) in [6.45, 7) is 6.59. The molecule has 0 unspecified atom stereocenters. The Morgan fingerprint density at radius 1 is 1.21 bits per heavy atom. The maximum Gasteiger partial charge on any atom is 0.342 e. The van der Waals surface area contributed by atoms with E-state index in [-0.39, 0.29) is 11.3 Å². The van der Waals surface area contributed by atoms with E-state index in [1.165, 1.54) is 32.2 Å². The van der Waals surface area contributed by atoms with Crippen LogP contribution >= 0.6 is 0 Å². The molecule has 1 aromatic carbocycles. The fourth-order valence-corrected chi connectivity index (χ4v) is 1.67. The number of carbonyl (C=O) groups is 3. The molecule has 0 fully saturated rings. The highest BCUT2D eigenvalue weighted by molar-refractivity contribution is 5.99. The van der Waals surface area contributed by atoms with E-state index in [1.807, 2.05) is 0 Å². The van der Waals surface area contributed by atoms with Crippen molar-refractivity contribution in [2.45, 2.75) is 39.3 Å². The fraction of sp³-hybridized carbons (Fsp3) is 0.438. The molecule has 24 heavy (non-hydrogen) atoms. The van der Waals surface area contributed by atoms with Crippen LogP contribution in [0.1, 0.15) is 38.1 Å². The maximum absolute atomic E-state index is 12.0. The van der Waals surface area contributed by atoms with E-state index in [2.05, 4.69) is 10.6 Å². The quantitative estimate of drug-likeness (QED) is 0.718. The highest BCUT2D eigenvalue weighted by atomic mass is 16.5. The number of rotatable bonds is 4. The summed E-state index contributed by atoms with van der Waals surface area (Å²) in [7, 11) is 1.42. The van der Waals surface area contributed by atoms with E-state index in [9.17, 15) is 19.5 Å². The van der Waals surface area contributed by atoms with Gasteiger partial charge in [0.05, 0.1) is 7.11 Å². The van der Waals surface area contributed by atoms with Crippen LogP contribution in [0.3, 0.4) is 0 Å². The molecular weight excluding hydrogens is 316 g/mol. The van der Waals surface area contributed by atoms with E-state index in [0.29, 0.717) is 5.75 Å². The molecule has 0 aliphatic heterocycles. The Balaban J connectivity index is 2.66. The number of carbonyl (C=O) groups excluding carboxylic acids is 3. The second-order valence-corrected chi connectivity index (χ2v) is 6.12. The number of urea groups is 1. The van der Waals surface area contributed by atoms with Gasteiger partial charge in [-0.05, 0) is 39.8 Å². The number of phenols is 1. The molecular formula is C16H22N2O6. The number of hydrogen-bond acceptors (Lipinski definition) is 6. The van der Waals surface area contributed by atoms with Crippen LogP contribution in [0, 0.1) is 0 Å². The predicted molar refractivity (Wildman–Crippen MR) is 86.0 cm³/mol. The van der Waals surface area contributed by atoms with Crippen molar-refractivity contribution in [2.75, 3.05) is 7.11 Å². The normalized spacial score (nSPS) is 12.0. The van der Waals surface area contributed by atoms with Crippen molar-refractivity contribution in [3.05, 3.63) is 23.8 Å². The summed E-state index contributed by atoms with van der Waals surface area (Å²) < 4.78 is 9.86. The lowest BCUT2D eigenvalue weighted by atomic mass is 10.1. The third-order valence-electron chi connectivity index (χ3n) is 2.80. The Hall–Kier alpha value is -2.77. The fourth-order valence-electron chi connectivity index (χ4n) is 1.67. The summed E-state index contributed by atoms with van der Waals surface area (Å²) in [5.41, 5.74) is -0.631. The molecule has 0 saturated carbocycles. The molecule has 0 spiro atoms. The van der Waals surface area contributed by atoms with Gasteiger partial charge in [-0.25, -0.2) is 9.59 Å². The molecule has 1 rings (SSSR count). The van der Waals surface area contributed by atoms with E-state index in [0.717, 1.165) is 0 Å². The number of phenolic OH excluding ortho intramolecular Hbond substituents is 1. The number of aromatic hydroxyl groups is 1. The summed E-state index contributed by atoms with van der Waals surface area (Å²) in [6, 6.07) is 3.34. The lowest BCUT2D eigenvalue weighted by molar-refractivity contribution is -0.127. The van der Waals surface area contributed by atoms with Crippen molar-refractivity contribution in [3.63, 3.8) is 0 Å². The first kappa shape index (κ1) is 19.3. The molecule has 0 aromatic heterocycles. The summed E-state index contributed by atoms with van der Waals surface area (Å²) in [5, 5.41) is 14.4. The molecule has 3 amide bonds. The highest BCUT2D eigenvalue weighted by Gasteiger charge is 2.24. The van der Waals surface area contributed by atoms with Crippen LogP contribution in [0.2, 0.25) is 0 Å². The molecule has 0 aliphatic rings. The third kappa shape index (κ3) is 5.79. The first-order chi connectivity index (χ1) is 11.0. The van der Waals surface area contributed by atoms with Gasteiger partial charge in [-0.1, -0.05) is 0 Å². The van der Waals surface area contributed by atoms with Crippen LogP contribution in [-0.2, 0) is 9.53 Å². The van der Waals surface area contributed by atoms with Crippen LogP contribution in [0.5, 0.6) is 11.5 Å². The molecule has 8 nitrogen and oxygen atoms in total. The number of amides is 3. The monoisotopic (exact) mass is 338 g/mol. The average molecular weight is 338 g/mol. The van der Waals surface area contributed by atoms with E-state index < -0.39 is 29.6 Å². The number of methoxy groups -OCH3 is 1. The first-order valence-electron chi connectivity index (χ1n) is 7.24. The minimum atomic E-state index is -1.22. The Morgan fingerprint density at radius 2 is 1.83 bits per heavy atom. The zero-order valence-corrected chi connectivity index (χ0v) is 14.3. The largest absolute Gasteiger partial charge is 0.507 e. The summed E-state index contributed by atoms with van der Waals surface area (Å²) >= 11 is 0. The number of nitrogens with one attached hydrogen (secondary N) is 2. The maximum atomic E-state index is 12.0. The Labute approximate surface area is 140 Å². The number of ether oxygens (including phenoxy) is 2. The molecule has 0 heterocycles. The van der Waals surface area contributed by atoms with Crippen molar-refractivity contribution >= 4 is 17.9 Å². The minimum absolute atomic E-state index is 0.116. The van der Waals surface area contributed by atoms with Gasteiger partial charge in [-0.15, -0.1) is 0 Å². The van der Waals surface area contributed by atoms with E-state index >= 15 is 0 Å². The van der Waals surface area contributed by atoms with Crippen molar-refractivity contribution < 1.29 is 29.0 Å². The number of imide groups is 1. The second-order valence-electron chi connectivity index (χ2n) is 6.12. The number of esters is 1. The van der Waals surface area contributed by atoms with Crippen LogP contribution in [0.15, 0.2) is 18.2 Å². The Bertz CT molecular complexity index is 636. The molecule has 1 aromatic rings. The zero-order valence-electron chi connectivity index (χ0n) is 14.3. The van der Waals surface area contributed by atoms with Crippen molar-refractivity contribution in [2.24, 2.45) is 0 Å². The Morgan fingerprint density at radius 3 is 2.33 bits per heavy atom. The minimum Gasteiger partial charge on any atom is -0.507 e. The smallest absolute Gasteiger partial charge is 0.342 e. The Kier molecular flexibility index (Phi) is 6.16. The molecule has 0 radical (unpaired) electrons. The number of hydrogen-bond donors (Lipinski definition) is 3. The van der Waals surface area contributed by atoms with Gasteiger partial charge in [0.2, 0.25) is 0 Å². The van der Waals surface area contributed by atoms with Gasteiger partial charge in [0.15, 0.2) is 6.10 Å². The first-order valence-corrected chi connectivity index (χ1v) is 7.24. The second kappa shape index (κ2) is 7.67. The van der Waals surface area contributed by atoms with Crippen molar-refractivity contribution in [1.29, 1.82) is 0 Å². The average Bonchev–Trinajstić information content (AvgIpc) is 2.44. The van der Waals surface area contributed by atoms with Crippen LogP contribution in [0.25, 0.3) is 0 Å². The highest BCUT2D eigenvalue weighted by Crippen LogP contribution is 2.24. The van der Waals surface area contributed by atoms with Gasteiger partial charge >= 0.3 is 12.0 Å². The van der Waals surface area contributed by atoms with Crippen LogP contribution < -0.4 is 15.4 Å². The summed E-state index contributed by atoms with van der Waals surface area (Å²) in [6.07, 6.45) is -1.22. The molecule has 132 valence electrons. The van der Waals surface area contributed by atoms with Crippen molar-refractivity contribution in [1.82, 2.24) is 10.6 Å². The van der Waals surface area contributed by atoms with Gasteiger partial charge in [-0.2, -0.15) is 0 Å². The van der Waals surface area contributed by atoms with Gasteiger partial charge in [-0.3, -0.25) is 10.1 Å². The molecule has 8 heteroatoms. The lowest BCUT2D eigenvalue weighted by Gasteiger charge is -2.21. The van der Waals surface area contributed by atoms with Crippen molar-refractivity contribution in [3.8, 4) is 11.5 Å². The molecule has 0 aliphatic carbocycles.